The van der Waals surface area contributed by atoms with Gasteiger partial charge in [-0.15, -0.1) is 11.8 Å². The number of amides is 1. The number of hydrogen-bond donors (Lipinski definition) is 0. The fraction of sp³-hybridized carbons (Fsp3) is 0.214. The Morgan fingerprint density at radius 3 is 2.90 bits per heavy atom. The summed E-state index contributed by atoms with van der Waals surface area (Å²) < 4.78 is 32.2. The van der Waals surface area contributed by atoms with Gasteiger partial charge in [0.05, 0.1) is 18.6 Å². The Hall–Kier alpha value is -1.82. The van der Waals surface area contributed by atoms with Gasteiger partial charge < -0.3 is 9.32 Å². The lowest BCUT2D eigenvalue weighted by Crippen LogP contribution is -2.28. The van der Waals surface area contributed by atoms with Gasteiger partial charge in [-0.1, -0.05) is 12.1 Å². The summed E-state index contributed by atoms with van der Waals surface area (Å²) in [6.45, 7) is 0.0286. The Labute approximate surface area is 118 Å². The summed E-state index contributed by atoms with van der Waals surface area (Å²) in [4.78, 5) is 13.4. The van der Waals surface area contributed by atoms with Crippen molar-refractivity contribution in [2.75, 3.05) is 5.75 Å². The van der Waals surface area contributed by atoms with Crippen molar-refractivity contribution in [3.05, 3.63) is 59.6 Å². The van der Waals surface area contributed by atoms with E-state index in [2.05, 4.69) is 0 Å². The molecular formula is C14H11F2NO2S. The van der Waals surface area contributed by atoms with Crippen LogP contribution in [-0.2, 0) is 11.3 Å². The second-order valence-corrected chi connectivity index (χ2v) is 5.48. The standard InChI is InChI=1S/C14H11F2NO2S/c15-10-4-1-3-9(13(10)16)7-17-12(18)8-20-14(17)11-5-2-6-19-11/h1-6,14H,7-8H2. The van der Waals surface area contributed by atoms with Crippen LogP contribution in [0.1, 0.15) is 16.7 Å². The minimum Gasteiger partial charge on any atom is -0.466 e. The topological polar surface area (TPSA) is 33.5 Å². The minimum absolute atomic E-state index is 0.0286. The minimum atomic E-state index is -0.907. The molecule has 2 heterocycles. The highest BCUT2D eigenvalue weighted by Gasteiger charge is 2.35. The van der Waals surface area contributed by atoms with Crippen LogP contribution in [-0.4, -0.2) is 16.6 Å². The first-order chi connectivity index (χ1) is 9.66. The van der Waals surface area contributed by atoms with E-state index in [1.54, 1.807) is 12.1 Å². The number of halogens is 2. The third-order valence-corrected chi connectivity index (χ3v) is 4.34. The van der Waals surface area contributed by atoms with Crippen molar-refractivity contribution in [3.63, 3.8) is 0 Å². The molecule has 1 aliphatic rings. The van der Waals surface area contributed by atoms with Crippen LogP contribution in [0.4, 0.5) is 8.78 Å². The number of benzene rings is 1. The van der Waals surface area contributed by atoms with Crippen molar-refractivity contribution in [2.24, 2.45) is 0 Å². The zero-order chi connectivity index (χ0) is 14.1. The highest BCUT2D eigenvalue weighted by molar-refractivity contribution is 8.00. The van der Waals surface area contributed by atoms with Gasteiger partial charge in [-0.25, -0.2) is 8.78 Å². The molecule has 0 bridgehead atoms. The maximum absolute atomic E-state index is 13.7. The van der Waals surface area contributed by atoms with E-state index in [9.17, 15) is 13.6 Å². The molecule has 1 amide bonds. The van der Waals surface area contributed by atoms with Gasteiger partial charge in [0.1, 0.15) is 11.1 Å². The van der Waals surface area contributed by atoms with Crippen LogP contribution in [0.2, 0.25) is 0 Å². The van der Waals surface area contributed by atoms with Gasteiger partial charge in [-0.2, -0.15) is 0 Å². The summed E-state index contributed by atoms with van der Waals surface area (Å²) in [7, 11) is 0. The van der Waals surface area contributed by atoms with Crippen LogP contribution >= 0.6 is 11.8 Å². The smallest absolute Gasteiger partial charge is 0.234 e. The first-order valence-electron chi connectivity index (χ1n) is 6.04. The van der Waals surface area contributed by atoms with E-state index in [4.69, 9.17) is 4.42 Å². The lowest BCUT2D eigenvalue weighted by molar-refractivity contribution is -0.128. The van der Waals surface area contributed by atoms with Gasteiger partial charge in [0, 0.05) is 5.56 Å². The molecule has 1 saturated heterocycles. The van der Waals surface area contributed by atoms with E-state index in [0.717, 1.165) is 6.07 Å². The van der Waals surface area contributed by atoms with Crippen molar-refractivity contribution in [3.8, 4) is 0 Å². The lowest BCUT2D eigenvalue weighted by atomic mass is 10.2. The zero-order valence-corrected chi connectivity index (χ0v) is 11.2. The fourth-order valence-electron chi connectivity index (χ4n) is 2.15. The third-order valence-electron chi connectivity index (χ3n) is 3.13. The highest BCUT2D eigenvalue weighted by Crippen LogP contribution is 2.39. The average Bonchev–Trinajstić information content (AvgIpc) is 3.06. The molecule has 20 heavy (non-hydrogen) atoms. The Balaban J connectivity index is 1.88. The van der Waals surface area contributed by atoms with Crippen LogP contribution in [0.25, 0.3) is 0 Å². The number of furan rings is 1. The molecule has 2 aromatic rings. The van der Waals surface area contributed by atoms with E-state index in [-0.39, 0.29) is 23.4 Å². The third kappa shape index (κ3) is 2.31. The first-order valence-corrected chi connectivity index (χ1v) is 7.09. The second kappa shape index (κ2) is 5.28. The van der Waals surface area contributed by atoms with E-state index in [0.29, 0.717) is 11.5 Å². The van der Waals surface area contributed by atoms with Gasteiger partial charge in [0.15, 0.2) is 11.6 Å². The lowest BCUT2D eigenvalue weighted by Gasteiger charge is -2.22. The molecule has 3 nitrogen and oxygen atoms in total. The average molecular weight is 295 g/mol. The fourth-order valence-corrected chi connectivity index (χ4v) is 3.28. The van der Waals surface area contributed by atoms with Crippen molar-refractivity contribution in [1.29, 1.82) is 0 Å². The molecule has 0 aliphatic carbocycles. The number of carbonyl (C=O) groups is 1. The summed E-state index contributed by atoms with van der Waals surface area (Å²) in [6, 6.07) is 7.48. The largest absolute Gasteiger partial charge is 0.466 e. The number of hydrogen-bond acceptors (Lipinski definition) is 3. The molecule has 1 aromatic carbocycles. The molecule has 0 spiro atoms. The molecule has 1 aromatic heterocycles. The molecule has 0 radical (unpaired) electrons. The number of carbonyl (C=O) groups excluding carboxylic acids is 1. The molecule has 0 saturated carbocycles. The second-order valence-electron chi connectivity index (χ2n) is 4.41. The molecular weight excluding hydrogens is 284 g/mol. The van der Waals surface area contributed by atoms with Crippen molar-refractivity contribution in [1.82, 2.24) is 4.90 Å². The summed E-state index contributed by atoms with van der Waals surface area (Å²) in [6.07, 6.45) is 1.53. The maximum atomic E-state index is 13.7. The van der Waals surface area contributed by atoms with Gasteiger partial charge in [-0.3, -0.25) is 4.79 Å². The SMILES string of the molecule is O=C1CSC(c2ccco2)N1Cc1cccc(F)c1F. The number of rotatable bonds is 3. The van der Waals surface area contributed by atoms with Crippen LogP contribution in [0, 0.1) is 11.6 Å². The summed E-state index contributed by atoms with van der Waals surface area (Å²) in [5, 5.41) is -0.292. The van der Waals surface area contributed by atoms with Gasteiger partial charge in [-0.05, 0) is 18.2 Å². The molecule has 0 N–H and O–H groups in total. The molecule has 1 aliphatic heterocycles. The predicted octanol–water partition coefficient (Wildman–Crippen LogP) is 3.33. The number of nitrogens with zero attached hydrogens (tertiary/aromatic N) is 1. The van der Waals surface area contributed by atoms with Crippen molar-refractivity contribution in [2.45, 2.75) is 11.9 Å². The van der Waals surface area contributed by atoms with Crippen LogP contribution in [0.15, 0.2) is 41.0 Å². The van der Waals surface area contributed by atoms with E-state index in [1.807, 2.05) is 0 Å². The maximum Gasteiger partial charge on any atom is 0.234 e. The van der Waals surface area contributed by atoms with Crippen molar-refractivity contribution < 1.29 is 18.0 Å². The first kappa shape index (κ1) is 13.2. The van der Waals surface area contributed by atoms with E-state index >= 15 is 0 Å². The molecule has 104 valence electrons. The quantitative estimate of drug-likeness (QED) is 0.871. The zero-order valence-electron chi connectivity index (χ0n) is 10.4. The predicted molar refractivity (Wildman–Crippen MR) is 70.8 cm³/mol. The molecule has 6 heteroatoms. The normalized spacial score (nSPS) is 18.8. The monoisotopic (exact) mass is 295 g/mol. The molecule has 1 fully saturated rings. The van der Waals surface area contributed by atoms with E-state index in [1.165, 1.54) is 35.1 Å². The van der Waals surface area contributed by atoms with E-state index < -0.39 is 11.6 Å². The van der Waals surface area contributed by atoms with Crippen molar-refractivity contribution >= 4 is 17.7 Å². The summed E-state index contributed by atoms with van der Waals surface area (Å²) in [5.41, 5.74) is 0.164. The van der Waals surface area contributed by atoms with Crippen LogP contribution in [0.5, 0.6) is 0 Å². The van der Waals surface area contributed by atoms with Gasteiger partial charge in [0.2, 0.25) is 5.91 Å². The van der Waals surface area contributed by atoms with Gasteiger partial charge in [0.25, 0.3) is 0 Å². The Morgan fingerprint density at radius 2 is 2.15 bits per heavy atom. The Morgan fingerprint density at radius 1 is 1.30 bits per heavy atom. The molecule has 3 rings (SSSR count). The summed E-state index contributed by atoms with van der Waals surface area (Å²) >= 11 is 1.41. The van der Waals surface area contributed by atoms with Gasteiger partial charge >= 0.3 is 0 Å². The molecule has 1 atom stereocenters. The van der Waals surface area contributed by atoms with Crippen LogP contribution < -0.4 is 0 Å². The molecule has 1 unspecified atom stereocenters. The highest BCUT2D eigenvalue weighted by atomic mass is 32.2. The summed E-state index contributed by atoms with van der Waals surface area (Å²) in [5.74, 6) is -0.980. The Bertz CT molecular complexity index is 630. The number of thioether (sulfide) groups is 1. The van der Waals surface area contributed by atoms with Crippen LogP contribution in [0.3, 0.4) is 0 Å². The Kier molecular flexibility index (Phi) is 3.48.